The van der Waals surface area contributed by atoms with Gasteiger partial charge in [0.25, 0.3) is 0 Å². The lowest BCUT2D eigenvalue weighted by atomic mass is 9.85. The van der Waals surface area contributed by atoms with Gasteiger partial charge < -0.3 is 26.7 Å². The first-order valence-corrected chi connectivity index (χ1v) is 8.90. The van der Waals surface area contributed by atoms with Crippen LogP contribution >= 0.6 is 0 Å². The Balaban J connectivity index is 1.71. The average molecular weight is 374 g/mol. The third-order valence-electron chi connectivity index (χ3n) is 4.71. The summed E-state index contributed by atoms with van der Waals surface area (Å²) in [7, 11) is 0. The molecule has 1 aliphatic rings. The number of benzene rings is 3. The van der Waals surface area contributed by atoms with Crippen LogP contribution in [0.3, 0.4) is 0 Å². The fourth-order valence-electron chi connectivity index (χ4n) is 3.20. The van der Waals surface area contributed by atoms with E-state index in [0.29, 0.717) is 28.6 Å². The van der Waals surface area contributed by atoms with Crippen molar-refractivity contribution in [2.24, 2.45) is 11.5 Å². The SMILES string of the molecule is Nc1ccc(OC2=CC(N)C(N)(Oc3ccc(N)cc3)c3ccccc32)cc1. The molecule has 1 aliphatic carbocycles. The summed E-state index contributed by atoms with van der Waals surface area (Å²) in [5.41, 5.74) is 26.2. The summed E-state index contributed by atoms with van der Waals surface area (Å²) in [5.74, 6) is 1.86. The normalized spacial score (nSPS) is 20.8. The summed E-state index contributed by atoms with van der Waals surface area (Å²) in [6, 6.07) is 21.2. The van der Waals surface area contributed by atoms with Gasteiger partial charge in [-0.05, 0) is 54.6 Å². The maximum absolute atomic E-state index is 6.66. The fourth-order valence-corrected chi connectivity index (χ4v) is 3.20. The molecular weight excluding hydrogens is 352 g/mol. The average Bonchev–Trinajstić information content (AvgIpc) is 2.70. The van der Waals surface area contributed by atoms with E-state index < -0.39 is 11.8 Å². The molecule has 8 N–H and O–H groups in total. The molecule has 0 bridgehead atoms. The van der Waals surface area contributed by atoms with E-state index >= 15 is 0 Å². The molecule has 0 fully saturated rings. The van der Waals surface area contributed by atoms with E-state index in [1.54, 1.807) is 54.6 Å². The van der Waals surface area contributed by atoms with Gasteiger partial charge in [-0.15, -0.1) is 0 Å². The van der Waals surface area contributed by atoms with Gasteiger partial charge in [0.05, 0.1) is 6.04 Å². The van der Waals surface area contributed by atoms with Crippen LogP contribution in [0.2, 0.25) is 0 Å². The van der Waals surface area contributed by atoms with Crippen molar-refractivity contribution in [3.05, 3.63) is 90.0 Å². The number of anilines is 2. The topological polar surface area (TPSA) is 123 Å². The molecule has 2 unspecified atom stereocenters. The van der Waals surface area contributed by atoms with Crippen LogP contribution in [-0.4, -0.2) is 6.04 Å². The van der Waals surface area contributed by atoms with Crippen molar-refractivity contribution in [2.75, 3.05) is 11.5 Å². The quantitative estimate of drug-likeness (QED) is 0.411. The molecule has 0 aliphatic heterocycles. The zero-order valence-electron chi connectivity index (χ0n) is 15.2. The number of nitrogen functional groups attached to an aromatic ring is 2. The number of ether oxygens (including phenoxy) is 2. The third-order valence-corrected chi connectivity index (χ3v) is 4.71. The van der Waals surface area contributed by atoms with E-state index in [1.165, 1.54) is 0 Å². The predicted octanol–water partition coefficient (Wildman–Crippen LogP) is 2.80. The Hall–Kier alpha value is -3.48. The summed E-state index contributed by atoms with van der Waals surface area (Å²) < 4.78 is 12.2. The molecule has 0 saturated carbocycles. The standard InChI is InChI=1S/C22H22N4O2/c23-14-5-9-16(10-6-14)27-20-13-21(25)22(26,19-4-2-1-3-18(19)20)28-17-11-7-15(24)8-12-17/h1-13,21H,23-26H2. The number of hydrogen-bond donors (Lipinski definition) is 4. The van der Waals surface area contributed by atoms with Gasteiger partial charge in [-0.2, -0.15) is 0 Å². The van der Waals surface area contributed by atoms with E-state index in [-0.39, 0.29) is 0 Å². The Bertz CT molecular complexity index is 1020. The first-order valence-electron chi connectivity index (χ1n) is 8.90. The van der Waals surface area contributed by atoms with Crippen LogP contribution in [-0.2, 0) is 5.72 Å². The van der Waals surface area contributed by atoms with Crippen molar-refractivity contribution in [3.63, 3.8) is 0 Å². The molecule has 0 heterocycles. The van der Waals surface area contributed by atoms with Crippen LogP contribution in [0.25, 0.3) is 5.76 Å². The Labute approximate surface area is 163 Å². The summed E-state index contributed by atoms with van der Waals surface area (Å²) in [6.07, 6.45) is 1.77. The zero-order valence-corrected chi connectivity index (χ0v) is 15.2. The molecule has 3 aromatic rings. The van der Waals surface area contributed by atoms with E-state index in [1.807, 2.05) is 24.3 Å². The van der Waals surface area contributed by atoms with Crippen LogP contribution in [0.1, 0.15) is 11.1 Å². The van der Waals surface area contributed by atoms with Gasteiger partial charge in [0.15, 0.2) is 0 Å². The number of fused-ring (bicyclic) bond motifs is 1. The first-order chi connectivity index (χ1) is 13.5. The largest absolute Gasteiger partial charge is 0.467 e. The molecule has 2 atom stereocenters. The van der Waals surface area contributed by atoms with E-state index in [4.69, 9.17) is 32.4 Å². The monoisotopic (exact) mass is 374 g/mol. The lowest BCUT2D eigenvalue weighted by molar-refractivity contribution is 0.0566. The molecule has 28 heavy (non-hydrogen) atoms. The molecular formula is C22H22N4O2. The zero-order chi connectivity index (χ0) is 19.7. The molecule has 0 spiro atoms. The first kappa shape index (κ1) is 17.9. The molecule has 4 rings (SSSR count). The van der Waals surface area contributed by atoms with E-state index in [0.717, 1.165) is 11.1 Å². The van der Waals surface area contributed by atoms with Crippen molar-refractivity contribution < 1.29 is 9.47 Å². The lowest BCUT2D eigenvalue weighted by Gasteiger charge is -2.39. The van der Waals surface area contributed by atoms with Gasteiger partial charge in [-0.1, -0.05) is 24.3 Å². The minimum absolute atomic E-state index is 0.582. The Kier molecular flexibility index (Phi) is 4.43. The van der Waals surface area contributed by atoms with Crippen molar-refractivity contribution in [2.45, 2.75) is 11.8 Å². The molecule has 6 heteroatoms. The van der Waals surface area contributed by atoms with Gasteiger partial charge in [-0.3, -0.25) is 5.73 Å². The van der Waals surface area contributed by atoms with Crippen LogP contribution < -0.4 is 32.4 Å². The fraction of sp³-hybridized carbons (Fsp3) is 0.0909. The van der Waals surface area contributed by atoms with Crippen molar-refractivity contribution in [3.8, 4) is 11.5 Å². The number of rotatable bonds is 4. The highest BCUT2D eigenvalue weighted by Gasteiger charge is 2.42. The Morgan fingerprint density at radius 1 is 0.750 bits per heavy atom. The molecule has 0 saturated heterocycles. The third kappa shape index (κ3) is 3.26. The van der Waals surface area contributed by atoms with Crippen molar-refractivity contribution in [1.82, 2.24) is 0 Å². The smallest absolute Gasteiger partial charge is 0.204 e. The highest BCUT2D eigenvalue weighted by Crippen LogP contribution is 2.38. The second kappa shape index (κ2) is 6.92. The predicted molar refractivity (Wildman–Crippen MR) is 111 cm³/mol. The highest BCUT2D eigenvalue weighted by molar-refractivity contribution is 5.70. The van der Waals surface area contributed by atoms with E-state index in [2.05, 4.69) is 0 Å². The minimum atomic E-state index is -1.25. The van der Waals surface area contributed by atoms with Gasteiger partial charge in [0.2, 0.25) is 5.72 Å². The second-order valence-electron chi connectivity index (χ2n) is 6.74. The molecule has 0 amide bonds. The Morgan fingerprint density at radius 3 is 1.96 bits per heavy atom. The molecule has 3 aromatic carbocycles. The van der Waals surface area contributed by atoms with Crippen LogP contribution in [0.4, 0.5) is 11.4 Å². The van der Waals surface area contributed by atoms with Gasteiger partial charge in [-0.25, -0.2) is 0 Å². The van der Waals surface area contributed by atoms with Gasteiger partial charge >= 0.3 is 0 Å². The van der Waals surface area contributed by atoms with Crippen LogP contribution in [0, 0.1) is 0 Å². The number of nitrogens with two attached hydrogens (primary N) is 4. The van der Waals surface area contributed by atoms with Gasteiger partial charge in [0.1, 0.15) is 17.3 Å². The maximum Gasteiger partial charge on any atom is 0.204 e. The number of hydrogen-bond acceptors (Lipinski definition) is 6. The minimum Gasteiger partial charge on any atom is -0.467 e. The Morgan fingerprint density at radius 2 is 1.32 bits per heavy atom. The molecule has 142 valence electrons. The lowest BCUT2D eigenvalue weighted by Crippen LogP contribution is -2.57. The van der Waals surface area contributed by atoms with Crippen molar-refractivity contribution >= 4 is 17.1 Å². The maximum atomic E-state index is 6.66. The molecule has 0 aromatic heterocycles. The van der Waals surface area contributed by atoms with Gasteiger partial charge in [0, 0.05) is 22.5 Å². The van der Waals surface area contributed by atoms with Crippen LogP contribution in [0.15, 0.2) is 78.9 Å². The summed E-state index contributed by atoms with van der Waals surface area (Å²) in [6.45, 7) is 0. The second-order valence-corrected chi connectivity index (χ2v) is 6.74. The summed E-state index contributed by atoms with van der Waals surface area (Å²) in [4.78, 5) is 0. The van der Waals surface area contributed by atoms with Crippen molar-refractivity contribution in [1.29, 1.82) is 0 Å². The summed E-state index contributed by atoms with van der Waals surface area (Å²) in [5, 5.41) is 0. The molecule has 6 nitrogen and oxygen atoms in total. The molecule has 0 radical (unpaired) electrons. The van der Waals surface area contributed by atoms with Crippen LogP contribution in [0.5, 0.6) is 11.5 Å². The summed E-state index contributed by atoms with van der Waals surface area (Å²) >= 11 is 0. The highest BCUT2D eigenvalue weighted by atomic mass is 16.5. The van der Waals surface area contributed by atoms with E-state index in [9.17, 15) is 0 Å².